The Morgan fingerprint density at radius 1 is 1.43 bits per heavy atom. The number of anilines is 1. The van der Waals surface area contributed by atoms with Crippen LogP contribution in [0.15, 0.2) is 18.2 Å². The lowest BCUT2D eigenvalue weighted by atomic mass is 10.1. The molecular weight excluding hydrogens is 303 g/mol. The van der Waals surface area contributed by atoms with Crippen LogP contribution in [0.5, 0.6) is 0 Å². The summed E-state index contributed by atoms with van der Waals surface area (Å²) in [6.45, 7) is 2.37. The Morgan fingerprint density at radius 3 is 2.62 bits per heavy atom. The van der Waals surface area contributed by atoms with Gasteiger partial charge in [-0.3, -0.25) is 10.6 Å². The first kappa shape index (κ1) is 17.6. The number of nitrogens with two attached hydrogens (primary N) is 1. The standard InChI is InChI=1S/C13H18F3N3OS/c1-8(7-21-2)6-18-12(20)9-3-4-11(19-17)10(5-9)13(14,15)16/h3-5,8,19H,6-7,17H2,1-2H3,(H,18,20). The van der Waals surface area contributed by atoms with Gasteiger partial charge in [0.15, 0.2) is 0 Å². The first-order valence-corrected chi connectivity index (χ1v) is 7.64. The summed E-state index contributed by atoms with van der Waals surface area (Å²) in [5.74, 6) is 5.63. The van der Waals surface area contributed by atoms with Gasteiger partial charge < -0.3 is 10.7 Å². The van der Waals surface area contributed by atoms with E-state index < -0.39 is 17.6 Å². The number of thioether (sulfide) groups is 1. The molecule has 0 aliphatic rings. The van der Waals surface area contributed by atoms with Crippen molar-refractivity contribution >= 4 is 23.4 Å². The van der Waals surface area contributed by atoms with Crippen LogP contribution in [-0.4, -0.2) is 24.5 Å². The number of alkyl halides is 3. The number of carbonyl (C=O) groups is 1. The van der Waals surface area contributed by atoms with Gasteiger partial charge in [-0.1, -0.05) is 6.92 Å². The molecule has 1 aromatic carbocycles. The van der Waals surface area contributed by atoms with Crippen molar-refractivity contribution in [3.05, 3.63) is 29.3 Å². The summed E-state index contributed by atoms with van der Waals surface area (Å²) in [6, 6.07) is 3.24. The predicted octanol–water partition coefficient (Wildman–Crippen LogP) is 2.72. The second-order valence-electron chi connectivity index (χ2n) is 4.67. The van der Waals surface area contributed by atoms with Crippen molar-refractivity contribution in [1.29, 1.82) is 0 Å². The summed E-state index contributed by atoms with van der Waals surface area (Å²) < 4.78 is 38.6. The molecule has 1 aromatic rings. The van der Waals surface area contributed by atoms with Crippen molar-refractivity contribution < 1.29 is 18.0 Å². The van der Waals surface area contributed by atoms with E-state index >= 15 is 0 Å². The molecule has 0 radical (unpaired) electrons. The van der Waals surface area contributed by atoms with E-state index in [1.54, 1.807) is 11.8 Å². The topological polar surface area (TPSA) is 67.2 Å². The molecule has 4 nitrogen and oxygen atoms in total. The number of carbonyl (C=O) groups excluding carboxylic acids is 1. The molecule has 8 heteroatoms. The van der Waals surface area contributed by atoms with Gasteiger partial charge in [-0.15, -0.1) is 0 Å². The van der Waals surface area contributed by atoms with Gasteiger partial charge in [0, 0.05) is 12.1 Å². The largest absolute Gasteiger partial charge is 0.418 e. The first-order chi connectivity index (χ1) is 9.79. The maximum Gasteiger partial charge on any atom is 0.418 e. The molecule has 0 bridgehead atoms. The summed E-state index contributed by atoms with van der Waals surface area (Å²) >= 11 is 1.65. The van der Waals surface area contributed by atoms with Crippen molar-refractivity contribution in [1.82, 2.24) is 5.32 Å². The quantitative estimate of drug-likeness (QED) is 0.557. The molecule has 0 saturated heterocycles. The minimum absolute atomic E-state index is 0.0438. The zero-order valence-corrected chi connectivity index (χ0v) is 12.6. The van der Waals surface area contributed by atoms with Crippen molar-refractivity contribution in [3.63, 3.8) is 0 Å². The van der Waals surface area contributed by atoms with Crippen LogP contribution in [0.1, 0.15) is 22.8 Å². The van der Waals surface area contributed by atoms with Crippen LogP contribution in [0.4, 0.5) is 18.9 Å². The van der Waals surface area contributed by atoms with Crippen LogP contribution in [0.3, 0.4) is 0 Å². The fourth-order valence-corrected chi connectivity index (χ4v) is 2.45. The molecule has 0 aromatic heterocycles. The van der Waals surface area contributed by atoms with Crippen molar-refractivity contribution in [2.24, 2.45) is 11.8 Å². The van der Waals surface area contributed by atoms with E-state index in [2.05, 4.69) is 5.32 Å². The lowest BCUT2D eigenvalue weighted by Crippen LogP contribution is -2.29. The number of rotatable bonds is 6. The molecule has 4 N–H and O–H groups in total. The lowest BCUT2D eigenvalue weighted by Gasteiger charge is -2.15. The normalized spacial score (nSPS) is 12.9. The van der Waals surface area contributed by atoms with Crippen LogP contribution in [0.2, 0.25) is 0 Å². The van der Waals surface area contributed by atoms with Gasteiger partial charge in [0.05, 0.1) is 11.3 Å². The fourth-order valence-electron chi connectivity index (χ4n) is 1.76. The smallest absolute Gasteiger partial charge is 0.352 e. The summed E-state index contributed by atoms with van der Waals surface area (Å²) in [6.07, 6.45) is -2.63. The van der Waals surface area contributed by atoms with E-state index in [0.717, 1.165) is 17.9 Å². The number of nitrogens with one attached hydrogen (secondary N) is 2. The Morgan fingerprint density at radius 2 is 2.10 bits per heavy atom. The van der Waals surface area contributed by atoms with Gasteiger partial charge in [-0.2, -0.15) is 24.9 Å². The van der Waals surface area contributed by atoms with E-state index in [0.29, 0.717) is 6.54 Å². The van der Waals surface area contributed by atoms with Crippen LogP contribution >= 0.6 is 11.8 Å². The van der Waals surface area contributed by atoms with Gasteiger partial charge in [0.25, 0.3) is 5.91 Å². The van der Waals surface area contributed by atoms with E-state index in [-0.39, 0.29) is 17.2 Å². The molecule has 1 rings (SSSR count). The third-order valence-electron chi connectivity index (χ3n) is 2.80. The van der Waals surface area contributed by atoms with Crippen molar-refractivity contribution in [2.45, 2.75) is 13.1 Å². The number of hydrogen-bond acceptors (Lipinski definition) is 4. The minimum atomic E-state index is -4.58. The van der Waals surface area contributed by atoms with Gasteiger partial charge >= 0.3 is 6.18 Å². The maximum atomic E-state index is 12.9. The Balaban J connectivity index is 2.86. The molecule has 118 valence electrons. The summed E-state index contributed by atoms with van der Waals surface area (Å²) in [5, 5.41) is 2.63. The zero-order chi connectivity index (χ0) is 16.0. The van der Waals surface area contributed by atoms with Crippen LogP contribution in [-0.2, 0) is 6.18 Å². The van der Waals surface area contributed by atoms with Crippen LogP contribution in [0, 0.1) is 5.92 Å². The Hall–Kier alpha value is -1.41. The SMILES string of the molecule is CSCC(C)CNC(=O)c1ccc(NN)c(C(F)(F)F)c1. The lowest BCUT2D eigenvalue weighted by molar-refractivity contribution is -0.137. The third kappa shape index (κ3) is 5.13. The number of amides is 1. The van der Waals surface area contributed by atoms with E-state index in [1.807, 2.05) is 18.6 Å². The number of benzene rings is 1. The predicted molar refractivity (Wildman–Crippen MR) is 79.1 cm³/mol. The Labute approximate surface area is 125 Å². The van der Waals surface area contributed by atoms with E-state index in [1.165, 1.54) is 6.07 Å². The molecule has 0 aliphatic heterocycles. The molecule has 1 amide bonds. The van der Waals surface area contributed by atoms with E-state index in [9.17, 15) is 18.0 Å². The molecule has 0 heterocycles. The number of nitrogen functional groups attached to an aromatic ring is 1. The number of hydrogen-bond donors (Lipinski definition) is 3. The molecule has 1 unspecified atom stereocenters. The summed E-state index contributed by atoms with van der Waals surface area (Å²) in [7, 11) is 0. The average molecular weight is 321 g/mol. The van der Waals surface area contributed by atoms with Gasteiger partial charge in [0.1, 0.15) is 0 Å². The highest BCUT2D eigenvalue weighted by Gasteiger charge is 2.34. The van der Waals surface area contributed by atoms with Crippen molar-refractivity contribution in [2.75, 3.05) is 24.0 Å². The molecule has 0 aliphatic carbocycles. The second-order valence-corrected chi connectivity index (χ2v) is 5.58. The van der Waals surface area contributed by atoms with E-state index in [4.69, 9.17) is 5.84 Å². The number of halogens is 3. The molecular formula is C13H18F3N3OS. The molecule has 0 saturated carbocycles. The highest BCUT2D eigenvalue weighted by Crippen LogP contribution is 2.35. The summed E-state index contributed by atoms with van der Waals surface area (Å²) in [4.78, 5) is 11.9. The van der Waals surface area contributed by atoms with Crippen LogP contribution < -0.4 is 16.6 Å². The highest BCUT2D eigenvalue weighted by molar-refractivity contribution is 7.98. The molecule has 0 spiro atoms. The molecule has 21 heavy (non-hydrogen) atoms. The molecule has 0 fully saturated rings. The maximum absolute atomic E-state index is 12.9. The monoisotopic (exact) mass is 321 g/mol. The van der Waals surface area contributed by atoms with Gasteiger partial charge in [0.2, 0.25) is 0 Å². The highest BCUT2D eigenvalue weighted by atomic mass is 32.2. The minimum Gasteiger partial charge on any atom is -0.352 e. The van der Waals surface area contributed by atoms with Crippen molar-refractivity contribution in [3.8, 4) is 0 Å². The Bertz CT molecular complexity index is 494. The van der Waals surface area contributed by atoms with Crippen LogP contribution in [0.25, 0.3) is 0 Å². The Kier molecular flexibility index (Phi) is 6.35. The van der Waals surface area contributed by atoms with Gasteiger partial charge in [-0.25, -0.2) is 0 Å². The zero-order valence-electron chi connectivity index (χ0n) is 11.8. The summed E-state index contributed by atoms with van der Waals surface area (Å²) in [5.41, 5.74) is 0.705. The van der Waals surface area contributed by atoms with Gasteiger partial charge in [-0.05, 0) is 36.1 Å². The molecule has 1 atom stereocenters. The fraction of sp³-hybridized carbons (Fsp3) is 0.462. The third-order valence-corrected chi connectivity index (χ3v) is 3.71. The first-order valence-electron chi connectivity index (χ1n) is 6.24. The second kappa shape index (κ2) is 7.56. The number of hydrazine groups is 1. The average Bonchev–Trinajstić information content (AvgIpc) is 2.43.